The van der Waals surface area contributed by atoms with Crippen molar-refractivity contribution in [3.8, 4) is 0 Å². The minimum atomic E-state index is -3.60. The number of piperidine rings is 1. The Morgan fingerprint density at radius 2 is 1.62 bits per heavy atom. The van der Waals surface area contributed by atoms with Gasteiger partial charge in [0, 0.05) is 30.7 Å². The van der Waals surface area contributed by atoms with E-state index in [-0.39, 0.29) is 16.8 Å². The first-order valence-electron chi connectivity index (χ1n) is 12.6. The fraction of sp³-hybridized carbons (Fsp3) is 0.407. The molecule has 0 amide bonds. The average Bonchev–Trinajstić information content (AvgIpc) is 2.89. The zero-order valence-electron chi connectivity index (χ0n) is 21.6. The Morgan fingerprint density at radius 1 is 1.00 bits per heavy atom. The third kappa shape index (κ3) is 7.24. The van der Waals surface area contributed by atoms with E-state index in [1.54, 1.807) is 55.7 Å². The molecule has 2 aromatic carbocycles. The van der Waals surface area contributed by atoms with Crippen LogP contribution >= 0.6 is 0 Å². The second kappa shape index (κ2) is 12.0. The number of hydrogen-bond donors (Lipinski definition) is 2. The largest absolute Gasteiger partial charge is 0.340 e. The van der Waals surface area contributed by atoms with Gasteiger partial charge in [0.2, 0.25) is 16.0 Å². The van der Waals surface area contributed by atoms with Gasteiger partial charge in [-0.25, -0.2) is 17.8 Å². The van der Waals surface area contributed by atoms with Crippen LogP contribution in [-0.4, -0.2) is 60.3 Å². The molecule has 0 saturated carbocycles. The van der Waals surface area contributed by atoms with Gasteiger partial charge >= 0.3 is 0 Å². The lowest BCUT2D eigenvalue weighted by molar-refractivity contribution is 0.164. The number of likely N-dealkylation sites (tertiary alicyclic amines) is 1. The van der Waals surface area contributed by atoms with E-state index in [1.807, 2.05) is 0 Å². The molecule has 3 aromatic rings. The number of halogens is 1. The maximum Gasteiger partial charge on any atom is 0.243 e. The minimum Gasteiger partial charge on any atom is -0.340 e. The van der Waals surface area contributed by atoms with Crippen molar-refractivity contribution in [3.63, 3.8) is 0 Å². The lowest BCUT2D eigenvalue weighted by atomic mass is 10.0. The van der Waals surface area contributed by atoms with Crippen LogP contribution in [0.25, 0.3) is 0 Å². The highest BCUT2D eigenvalue weighted by atomic mass is 32.2. The summed E-state index contributed by atoms with van der Waals surface area (Å²) in [5.74, 6) is 1.26. The van der Waals surface area contributed by atoms with Crippen molar-refractivity contribution in [2.45, 2.75) is 44.0 Å². The van der Waals surface area contributed by atoms with E-state index in [2.05, 4.69) is 39.3 Å². The molecule has 0 unspecified atom stereocenters. The average molecular weight is 527 g/mol. The van der Waals surface area contributed by atoms with Crippen LogP contribution in [0.5, 0.6) is 0 Å². The van der Waals surface area contributed by atoms with Gasteiger partial charge in [-0.3, -0.25) is 0 Å². The summed E-state index contributed by atoms with van der Waals surface area (Å²) >= 11 is 0. The summed E-state index contributed by atoms with van der Waals surface area (Å²) in [4.78, 5) is 11.3. The SMILES string of the molecule is CC(C)CCN1CCC(N(C)S(=O)(=O)c2ccc(Nc3nccc(Nc4ccc(F)cc4)n3)cc2)CC1. The second-order valence-electron chi connectivity index (χ2n) is 9.82. The molecule has 4 rings (SSSR count). The topological polar surface area (TPSA) is 90.5 Å². The number of nitrogens with one attached hydrogen (secondary N) is 2. The summed E-state index contributed by atoms with van der Waals surface area (Å²) in [5.41, 5.74) is 1.37. The van der Waals surface area contributed by atoms with Gasteiger partial charge < -0.3 is 15.5 Å². The van der Waals surface area contributed by atoms with Gasteiger partial charge in [0.15, 0.2) is 0 Å². The molecule has 2 N–H and O–H groups in total. The molecule has 0 atom stereocenters. The number of hydrogen-bond acceptors (Lipinski definition) is 7. The van der Waals surface area contributed by atoms with E-state index >= 15 is 0 Å². The Kier molecular flexibility index (Phi) is 8.73. The minimum absolute atomic E-state index is 0.00264. The van der Waals surface area contributed by atoms with Gasteiger partial charge in [0.25, 0.3) is 0 Å². The summed E-state index contributed by atoms with van der Waals surface area (Å²) in [5, 5.41) is 6.20. The molecular formula is C27H35FN6O2S. The molecule has 1 aliphatic rings. The molecule has 0 spiro atoms. The van der Waals surface area contributed by atoms with Crippen LogP contribution < -0.4 is 10.6 Å². The number of aromatic nitrogens is 2. The van der Waals surface area contributed by atoms with Crippen LogP contribution in [0.2, 0.25) is 0 Å². The van der Waals surface area contributed by atoms with Gasteiger partial charge in [-0.2, -0.15) is 9.29 Å². The quantitative estimate of drug-likeness (QED) is 0.374. The maximum absolute atomic E-state index is 13.3. The van der Waals surface area contributed by atoms with Crippen LogP contribution in [0.3, 0.4) is 0 Å². The molecule has 0 aliphatic carbocycles. The Bertz CT molecular complexity index is 1260. The van der Waals surface area contributed by atoms with Crippen LogP contribution in [0, 0.1) is 11.7 Å². The van der Waals surface area contributed by atoms with Crippen LogP contribution in [0.1, 0.15) is 33.1 Å². The molecule has 1 aliphatic heterocycles. The van der Waals surface area contributed by atoms with Crippen molar-refractivity contribution in [2.75, 3.05) is 37.3 Å². The van der Waals surface area contributed by atoms with Crippen LogP contribution in [0.4, 0.5) is 27.5 Å². The molecule has 1 aromatic heterocycles. The smallest absolute Gasteiger partial charge is 0.243 e. The first kappa shape index (κ1) is 27.0. The molecule has 37 heavy (non-hydrogen) atoms. The molecule has 1 fully saturated rings. The molecule has 8 nitrogen and oxygen atoms in total. The molecule has 198 valence electrons. The summed E-state index contributed by atoms with van der Waals surface area (Å²) in [7, 11) is -1.91. The second-order valence-corrected chi connectivity index (χ2v) is 11.8. The monoisotopic (exact) mass is 526 g/mol. The van der Waals surface area contributed by atoms with Gasteiger partial charge in [-0.05, 0) is 99.4 Å². The Hall–Kier alpha value is -3.08. The molecule has 1 saturated heterocycles. The van der Waals surface area contributed by atoms with E-state index in [0.717, 1.165) is 32.5 Å². The summed E-state index contributed by atoms with van der Waals surface area (Å²) < 4.78 is 41.2. The van der Waals surface area contributed by atoms with Gasteiger partial charge in [0.1, 0.15) is 11.6 Å². The van der Waals surface area contributed by atoms with E-state index in [9.17, 15) is 12.8 Å². The number of sulfonamides is 1. The highest BCUT2D eigenvalue weighted by molar-refractivity contribution is 7.89. The van der Waals surface area contributed by atoms with Crippen LogP contribution in [0.15, 0.2) is 65.7 Å². The molecule has 0 bridgehead atoms. The normalized spacial score (nSPS) is 15.3. The fourth-order valence-corrected chi connectivity index (χ4v) is 5.73. The highest BCUT2D eigenvalue weighted by Gasteiger charge is 2.30. The zero-order valence-corrected chi connectivity index (χ0v) is 22.4. The summed E-state index contributed by atoms with van der Waals surface area (Å²) in [6.45, 7) is 7.38. The molecular weight excluding hydrogens is 491 g/mol. The maximum atomic E-state index is 13.3. The van der Waals surface area contributed by atoms with E-state index < -0.39 is 10.0 Å². The van der Waals surface area contributed by atoms with E-state index in [0.29, 0.717) is 29.1 Å². The Labute approximate surface area is 219 Å². The number of benzene rings is 2. The fourth-order valence-electron chi connectivity index (χ4n) is 4.32. The predicted molar refractivity (Wildman–Crippen MR) is 145 cm³/mol. The predicted octanol–water partition coefficient (Wildman–Crippen LogP) is 5.23. The number of anilines is 4. The van der Waals surface area contributed by atoms with Gasteiger partial charge in [0.05, 0.1) is 4.90 Å². The number of rotatable bonds is 10. The van der Waals surface area contributed by atoms with Crippen molar-refractivity contribution in [2.24, 2.45) is 5.92 Å². The summed E-state index contributed by atoms with van der Waals surface area (Å²) in [6.07, 6.45) is 4.45. The third-order valence-electron chi connectivity index (χ3n) is 6.65. The number of nitrogens with zero attached hydrogens (tertiary/aromatic N) is 4. The van der Waals surface area contributed by atoms with Crippen LogP contribution in [-0.2, 0) is 10.0 Å². The Morgan fingerprint density at radius 3 is 2.27 bits per heavy atom. The lowest BCUT2D eigenvalue weighted by Gasteiger charge is -2.36. The van der Waals surface area contributed by atoms with Crippen molar-refractivity contribution >= 4 is 33.2 Å². The van der Waals surface area contributed by atoms with E-state index in [1.165, 1.54) is 22.9 Å². The van der Waals surface area contributed by atoms with Crippen molar-refractivity contribution in [1.82, 2.24) is 19.2 Å². The standard InChI is InChI=1S/C27H35FN6O2S/c1-20(2)13-17-34-18-14-24(15-19-34)33(3)37(35,36)25-10-8-23(9-11-25)31-27-29-16-12-26(32-27)30-22-6-4-21(28)5-7-22/h4-12,16,20,24H,13-15,17-19H2,1-3H3,(H2,29,30,31,32). The lowest BCUT2D eigenvalue weighted by Crippen LogP contribution is -2.45. The molecule has 2 heterocycles. The molecule has 0 radical (unpaired) electrons. The third-order valence-corrected chi connectivity index (χ3v) is 8.58. The van der Waals surface area contributed by atoms with Crippen molar-refractivity contribution < 1.29 is 12.8 Å². The van der Waals surface area contributed by atoms with Gasteiger partial charge in [-0.1, -0.05) is 13.8 Å². The van der Waals surface area contributed by atoms with Crippen molar-refractivity contribution in [1.29, 1.82) is 0 Å². The first-order valence-corrected chi connectivity index (χ1v) is 14.1. The van der Waals surface area contributed by atoms with Gasteiger partial charge in [-0.15, -0.1) is 0 Å². The van der Waals surface area contributed by atoms with E-state index in [4.69, 9.17) is 0 Å². The highest BCUT2D eigenvalue weighted by Crippen LogP contribution is 2.25. The molecule has 10 heteroatoms. The zero-order chi connectivity index (χ0) is 26.4. The Balaban J connectivity index is 1.36. The first-order chi connectivity index (χ1) is 17.7. The van der Waals surface area contributed by atoms with Crippen molar-refractivity contribution in [3.05, 3.63) is 66.6 Å². The summed E-state index contributed by atoms with van der Waals surface area (Å²) in [6, 6.07) is 14.3.